The maximum absolute atomic E-state index is 12.9. The molecule has 8 nitrogen and oxygen atoms in total. The van der Waals surface area contributed by atoms with E-state index in [-0.39, 0.29) is 35.2 Å². The average molecular weight is 496 g/mol. The van der Waals surface area contributed by atoms with Gasteiger partial charge in [0.15, 0.2) is 0 Å². The third kappa shape index (κ3) is 6.17. The molecule has 14 heteroatoms. The molecule has 0 radical (unpaired) electrons. The topological polar surface area (TPSA) is 96.7 Å². The van der Waals surface area contributed by atoms with Crippen molar-refractivity contribution in [1.82, 2.24) is 19.8 Å². The number of carbonyl (C=O) groups excluding carboxylic acids is 1. The number of amides is 1. The number of morpholine rings is 1. The highest BCUT2D eigenvalue weighted by Gasteiger charge is 2.39. The number of fused-ring (bicyclic) bond motifs is 3. The molecule has 4 rings (SSSR count). The SMILES string of the molecule is CN1[C@@H]2COC[C@H]1CC(NC(=O)c1cn(CC(F)(F)F)c3ncccc13)C2.O=C(O)C(F)(F)F. The van der Waals surface area contributed by atoms with Gasteiger partial charge in [0.2, 0.25) is 0 Å². The van der Waals surface area contributed by atoms with Crippen LogP contribution < -0.4 is 5.32 Å². The number of nitrogens with one attached hydrogen (secondary N) is 1. The van der Waals surface area contributed by atoms with Gasteiger partial charge in [-0.2, -0.15) is 26.3 Å². The summed E-state index contributed by atoms with van der Waals surface area (Å²) >= 11 is 0. The van der Waals surface area contributed by atoms with Gasteiger partial charge in [-0.3, -0.25) is 9.69 Å². The summed E-state index contributed by atoms with van der Waals surface area (Å²) in [4.78, 5) is 28.0. The van der Waals surface area contributed by atoms with E-state index >= 15 is 0 Å². The summed E-state index contributed by atoms with van der Waals surface area (Å²) in [6.07, 6.45) is -5.27. The van der Waals surface area contributed by atoms with Crippen molar-refractivity contribution >= 4 is 22.9 Å². The molecule has 4 heterocycles. The highest BCUT2D eigenvalue weighted by atomic mass is 19.4. The number of aromatic nitrogens is 2. The van der Waals surface area contributed by atoms with E-state index in [4.69, 9.17) is 14.6 Å². The van der Waals surface area contributed by atoms with Crippen LogP contribution in [0.15, 0.2) is 24.5 Å². The van der Waals surface area contributed by atoms with Crippen molar-refractivity contribution in [3.63, 3.8) is 0 Å². The van der Waals surface area contributed by atoms with Gasteiger partial charge < -0.3 is 19.7 Å². The molecule has 2 fully saturated rings. The smallest absolute Gasteiger partial charge is 0.475 e. The number of pyridine rings is 1. The highest BCUT2D eigenvalue weighted by molar-refractivity contribution is 6.06. The Hall–Kier alpha value is -2.87. The van der Waals surface area contributed by atoms with Crippen molar-refractivity contribution in [2.24, 2.45) is 0 Å². The van der Waals surface area contributed by atoms with Crippen LogP contribution in [0, 0.1) is 0 Å². The summed E-state index contributed by atoms with van der Waals surface area (Å²) in [5.74, 6) is -3.12. The summed E-state index contributed by atoms with van der Waals surface area (Å²) < 4.78 is 76.9. The van der Waals surface area contributed by atoms with Crippen molar-refractivity contribution in [3.05, 3.63) is 30.1 Å². The Labute approximate surface area is 189 Å². The van der Waals surface area contributed by atoms with Gasteiger partial charge in [0, 0.05) is 35.9 Å². The van der Waals surface area contributed by atoms with Crippen molar-refractivity contribution in [1.29, 1.82) is 0 Å². The zero-order chi connectivity index (χ0) is 25.3. The second-order valence-electron chi connectivity index (χ2n) is 8.12. The van der Waals surface area contributed by atoms with E-state index < -0.39 is 24.9 Å². The zero-order valence-corrected chi connectivity index (χ0v) is 17.9. The number of hydrogen-bond acceptors (Lipinski definition) is 5. The van der Waals surface area contributed by atoms with Gasteiger partial charge in [-0.1, -0.05) is 0 Å². The van der Waals surface area contributed by atoms with Gasteiger partial charge in [0.1, 0.15) is 12.2 Å². The number of hydrogen-bond donors (Lipinski definition) is 2. The van der Waals surface area contributed by atoms with E-state index in [2.05, 4.69) is 22.2 Å². The Morgan fingerprint density at radius 1 is 1.18 bits per heavy atom. The maximum atomic E-state index is 12.9. The normalized spacial score (nSPS) is 23.2. The monoisotopic (exact) mass is 496 g/mol. The molecule has 0 aliphatic carbocycles. The van der Waals surface area contributed by atoms with Crippen LogP contribution in [-0.2, 0) is 16.1 Å². The van der Waals surface area contributed by atoms with Gasteiger partial charge in [-0.15, -0.1) is 0 Å². The van der Waals surface area contributed by atoms with Gasteiger partial charge in [0.25, 0.3) is 5.91 Å². The molecule has 0 aromatic carbocycles. The number of aliphatic carboxylic acids is 1. The molecule has 1 amide bonds. The molecular weight excluding hydrogens is 474 g/mol. The van der Waals surface area contributed by atoms with E-state index in [1.807, 2.05) is 0 Å². The van der Waals surface area contributed by atoms with Crippen LogP contribution in [0.5, 0.6) is 0 Å². The first kappa shape index (κ1) is 25.7. The number of nitrogens with zero attached hydrogens (tertiary/aromatic N) is 3. The first-order valence-corrected chi connectivity index (χ1v) is 10.2. The molecule has 2 N–H and O–H groups in total. The molecule has 0 saturated carbocycles. The summed E-state index contributed by atoms with van der Waals surface area (Å²) in [5.41, 5.74) is 0.385. The Balaban J connectivity index is 0.000000406. The third-order valence-corrected chi connectivity index (χ3v) is 5.69. The van der Waals surface area contributed by atoms with Crippen molar-refractivity contribution < 1.29 is 45.8 Å². The number of piperidine rings is 1. The van der Waals surface area contributed by atoms with Crippen molar-refractivity contribution in [2.75, 3.05) is 20.3 Å². The first-order valence-electron chi connectivity index (χ1n) is 10.2. The summed E-state index contributed by atoms with van der Waals surface area (Å²) in [6, 6.07) is 3.72. The van der Waals surface area contributed by atoms with Crippen molar-refractivity contribution in [2.45, 2.75) is 49.9 Å². The van der Waals surface area contributed by atoms with Crippen LogP contribution in [-0.4, -0.2) is 82.2 Å². The number of halogens is 6. The zero-order valence-electron chi connectivity index (χ0n) is 17.9. The highest BCUT2D eigenvalue weighted by Crippen LogP contribution is 2.28. The van der Waals surface area contributed by atoms with E-state index in [0.29, 0.717) is 18.6 Å². The number of carbonyl (C=O) groups is 2. The molecular formula is C20H22F6N4O4. The molecule has 1 unspecified atom stereocenters. The molecule has 2 aromatic rings. The van der Waals surface area contributed by atoms with Crippen LogP contribution in [0.3, 0.4) is 0 Å². The van der Waals surface area contributed by atoms with Crippen LogP contribution >= 0.6 is 0 Å². The quantitative estimate of drug-likeness (QED) is 0.635. The fourth-order valence-electron chi connectivity index (χ4n) is 4.09. The molecule has 2 aliphatic rings. The molecule has 2 saturated heterocycles. The summed E-state index contributed by atoms with van der Waals surface area (Å²) in [7, 11) is 2.06. The number of alkyl halides is 6. The lowest BCUT2D eigenvalue weighted by Crippen LogP contribution is -2.59. The predicted molar refractivity (Wildman–Crippen MR) is 106 cm³/mol. The summed E-state index contributed by atoms with van der Waals surface area (Å²) in [5, 5.41) is 10.6. The van der Waals surface area contributed by atoms with E-state index in [0.717, 1.165) is 17.4 Å². The molecule has 2 bridgehead atoms. The Morgan fingerprint density at radius 3 is 2.29 bits per heavy atom. The lowest BCUT2D eigenvalue weighted by atomic mass is 9.90. The first-order chi connectivity index (χ1) is 15.8. The Bertz CT molecular complexity index is 1020. The molecule has 2 aromatic heterocycles. The number of rotatable bonds is 3. The maximum Gasteiger partial charge on any atom is 0.490 e. The largest absolute Gasteiger partial charge is 0.490 e. The van der Waals surface area contributed by atoms with Gasteiger partial charge in [-0.05, 0) is 32.0 Å². The minimum Gasteiger partial charge on any atom is -0.475 e. The van der Waals surface area contributed by atoms with Crippen molar-refractivity contribution in [3.8, 4) is 0 Å². The minimum absolute atomic E-state index is 0.0229. The van der Waals surface area contributed by atoms with Crippen LogP contribution in [0.1, 0.15) is 23.2 Å². The molecule has 3 atom stereocenters. The Morgan fingerprint density at radius 2 is 1.76 bits per heavy atom. The second-order valence-corrected chi connectivity index (χ2v) is 8.12. The number of carboxylic acids is 1. The lowest BCUT2D eigenvalue weighted by molar-refractivity contribution is -0.192. The second kappa shape index (κ2) is 9.78. The fraction of sp³-hybridized carbons (Fsp3) is 0.550. The summed E-state index contributed by atoms with van der Waals surface area (Å²) in [6.45, 7) is 0.0892. The van der Waals surface area contributed by atoms with E-state index in [1.54, 1.807) is 12.1 Å². The van der Waals surface area contributed by atoms with Crippen LogP contribution in [0.25, 0.3) is 11.0 Å². The minimum atomic E-state index is -5.08. The van der Waals surface area contributed by atoms with Crippen LogP contribution in [0.2, 0.25) is 0 Å². The standard InChI is InChI=1S/C18H21F3N4O2.C2HF3O2/c1-24-12-5-11(6-13(24)9-27-8-12)23-17(26)15-7-25(10-18(19,20)21)16-14(15)3-2-4-22-16;3-2(4,5)1(6)7/h2-4,7,11-13H,5-6,8-10H2,1H3,(H,23,26);(H,6,7)/t11?,12-,13+;. The van der Waals surface area contributed by atoms with Crippen LogP contribution in [0.4, 0.5) is 26.3 Å². The van der Waals surface area contributed by atoms with Gasteiger partial charge in [-0.25, -0.2) is 9.78 Å². The predicted octanol–water partition coefficient (Wildman–Crippen LogP) is 2.82. The molecule has 34 heavy (non-hydrogen) atoms. The molecule has 188 valence electrons. The lowest BCUT2D eigenvalue weighted by Gasteiger charge is -2.46. The Kier molecular flexibility index (Phi) is 7.41. The number of carboxylic acid groups (broad SMARTS) is 1. The van der Waals surface area contributed by atoms with Gasteiger partial charge >= 0.3 is 18.3 Å². The van der Waals surface area contributed by atoms with E-state index in [9.17, 15) is 31.1 Å². The van der Waals surface area contributed by atoms with Gasteiger partial charge in [0.05, 0.1) is 18.8 Å². The molecule has 2 aliphatic heterocycles. The number of ether oxygens (including phenoxy) is 1. The third-order valence-electron chi connectivity index (χ3n) is 5.69. The fourth-order valence-corrected chi connectivity index (χ4v) is 4.09. The number of likely N-dealkylation sites (N-methyl/N-ethyl adjacent to an activating group) is 1. The van der Waals surface area contributed by atoms with E-state index in [1.165, 1.54) is 12.4 Å². The average Bonchev–Trinajstić information content (AvgIpc) is 3.06. The molecule has 0 spiro atoms.